The van der Waals surface area contributed by atoms with Gasteiger partial charge < -0.3 is 4.90 Å². The summed E-state index contributed by atoms with van der Waals surface area (Å²) in [5, 5.41) is 4.27. The van der Waals surface area contributed by atoms with Crippen LogP contribution in [-0.4, -0.2) is 31.6 Å². The van der Waals surface area contributed by atoms with E-state index in [1.807, 2.05) is 37.1 Å². The van der Waals surface area contributed by atoms with Crippen molar-refractivity contribution >= 4 is 5.91 Å². The van der Waals surface area contributed by atoms with E-state index in [1.54, 1.807) is 23.3 Å². The molecule has 0 saturated heterocycles. The number of nitrogens with zero attached hydrogens (tertiary/aromatic N) is 4. The molecule has 1 saturated carbocycles. The predicted octanol–water partition coefficient (Wildman–Crippen LogP) is 2.34. The van der Waals surface area contributed by atoms with Gasteiger partial charge in [-0.2, -0.15) is 5.10 Å². The molecular formula is C16H20N4O. The highest BCUT2D eigenvalue weighted by Gasteiger charge is 2.35. The Kier molecular flexibility index (Phi) is 3.73. The average molecular weight is 284 g/mol. The minimum atomic E-state index is -0.263. The van der Waals surface area contributed by atoms with Gasteiger partial charge in [-0.3, -0.25) is 14.5 Å². The van der Waals surface area contributed by atoms with Crippen LogP contribution < -0.4 is 0 Å². The molecule has 0 radical (unpaired) electrons. The lowest BCUT2D eigenvalue weighted by molar-refractivity contribution is -0.135. The van der Waals surface area contributed by atoms with Gasteiger partial charge in [0.25, 0.3) is 0 Å². The Balaban J connectivity index is 1.76. The van der Waals surface area contributed by atoms with Crippen molar-refractivity contribution in [2.24, 2.45) is 0 Å². The van der Waals surface area contributed by atoms with E-state index in [9.17, 15) is 4.79 Å². The van der Waals surface area contributed by atoms with Crippen molar-refractivity contribution in [2.45, 2.75) is 45.3 Å². The summed E-state index contributed by atoms with van der Waals surface area (Å²) in [4.78, 5) is 18.8. The predicted molar refractivity (Wildman–Crippen MR) is 79.5 cm³/mol. The molecule has 21 heavy (non-hydrogen) atoms. The number of hydrogen-bond donors (Lipinski definition) is 0. The van der Waals surface area contributed by atoms with Crippen LogP contribution in [0.25, 0.3) is 0 Å². The molecule has 1 fully saturated rings. The maximum Gasteiger partial charge on any atom is 0.247 e. The number of amides is 1. The molecule has 1 atom stereocenters. The van der Waals surface area contributed by atoms with Gasteiger partial charge in [-0.15, -0.1) is 0 Å². The Morgan fingerprint density at radius 3 is 2.71 bits per heavy atom. The van der Waals surface area contributed by atoms with E-state index < -0.39 is 0 Å². The third kappa shape index (κ3) is 3.12. The zero-order chi connectivity index (χ0) is 14.8. The summed E-state index contributed by atoms with van der Waals surface area (Å²) in [5.41, 5.74) is 2.19. The highest BCUT2D eigenvalue weighted by molar-refractivity contribution is 5.80. The van der Waals surface area contributed by atoms with Crippen LogP contribution in [0.2, 0.25) is 0 Å². The average Bonchev–Trinajstić information content (AvgIpc) is 3.25. The van der Waals surface area contributed by atoms with Gasteiger partial charge in [-0.1, -0.05) is 0 Å². The van der Waals surface area contributed by atoms with Crippen molar-refractivity contribution in [3.63, 3.8) is 0 Å². The molecule has 5 heteroatoms. The molecule has 5 nitrogen and oxygen atoms in total. The molecule has 1 unspecified atom stereocenters. The second-order valence-electron chi connectivity index (χ2n) is 5.73. The summed E-state index contributed by atoms with van der Waals surface area (Å²) in [6.07, 6.45) is 9.44. The SMILES string of the molecule is Cc1cnn(C(C)C(=O)N(Cc2ccncc2)C2CC2)c1. The first-order chi connectivity index (χ1) is 10.1. The first-order valence-corrected chi connectivity index (χ1v) is 7.35. The van der Waals surface area contributed by atoms with Gasteiger partial charge in [0, 0.05) is 31.2 Å². The largest absolute Gasteiger partial charge is 0.334 e. The summed E-state index contributed by atoms with van der Waals surface area (Å²) < 4.78 is 1.75. The summed E-state index contributed by atoms with van der Waals surface area (Å²) in [5.74, 6) is 0.136. The van der Waals surface area contributed by atoms with Crippen molar-refractivity contribution in [3.05, 3.63) is 48.0 Å². The van der Waals surface area contributed by atoms with E-state index in [4.69, 9.17) is 0 Å². The standard InChI is InChI=1S/C16H20N4O/c1-12-9-18-20(10-12)13(2)16(21)19(15-3-4-15)11-14-5-7-17-8-6-14/h5-10,13,15H,3-4,11H2,1-2H3. The van der Waals surface area contributed by atoms with Gasteiger partial charge in [-0.25, -0.2) is 0 Å². The molecule has 1 aliphatic rings. The van der Waals surface area contributed by atoms with Crippen molar-refractivity contribution in [1.29, 1.82) is 0 Å². The Labute approximate surface area is 124 Å². The molecule has 0 aliphatic heterocycles. The van der Waals surface area contributed by atoms with Gasteiger partial charge in [-0.05, 0) is 49.9 Å². The van der Waals surface area contributed by atoms with Gasteiger partial charge in [0.15, 0.2) is 0 Å². The fourth-order valence-corrected chi connectivity index (χ4v) is 2.46. The number of aryl methyl sites for hydroxylation is 1. The maximum absolute atomic E-state index is 12.8. The fourth-order valence-electron chi connectivity index (χ4n) is 2.46. The first kappa shape index (κ1) is 13.8. The van der Waals surface area contributed by atoms with Crippen LogP contribution in [0.5, 0.6) is 0 Å². The van der Waals surface area contributed by atoms with Crippen molar-refractivity contribution < 1.29 is 4.79 Å². The molecule has 2 heterocycles. The van der Waals surface area contributed by atoms with E-state index in [0.29, 0.717) is 12.6 Å². The summed E-state index contributed by atoms with van der Waals surface area (Å²) in [6.45, 7) is 4.55. The normalized spacial score (nSPS) is 15.7. The van der Waals surface area contributed by atoms with Crippen LogP contribution in [0.4, 0.5) is 0 Å². The fraction of sp³-hybridized carbons (Fsp3) is 0.438. The molecular weight excluding hydrogens is 264 g/mol. The molecule has 1 aliphatic carbocycles. The maximum atomic E-state index is 12.8. The van der Waals surface area contributed by atoms with E-state index >= 15 is 0 Å². The van der Waals surface area contributed by atoms with Gasteiger partial charge in [0.1, 0.15) is 6.04 Å². The molecule has 0 bridgehead atoms. The zero-order valence-corrected chi connectivity index (χ0v) is 12.4. The second-order valence-corrected chi connectivity index (χ2v) is 5.73. The van der Waals surface area contributed by atoms with Crippen molar-refractivity contribution in [3.8, 4) is 0 Å². The molecule has 0 aromatic carbocycles. The van der Waals surface area contributed by atoms with Crippen LogP contribution in [0, 0.1) is 6.92 Å². The molecule has 110 valence electrons. The van der Waals surface area contributed by atoms with E-state index in [1.165, 1.54) is 0 Å². The molecule has 0 N–H and O–H groups in total. The topological polar surface area (TPSA) is 51.0 Å². The summed E-state index contributed by atoms with van der Waals surface area (Å²) in [6, 6.07) is 4.04. The Morgan fingerprint density at radius 2 is 2.14 bits per heavy atom. The van der Waals surface area contributed by atoms with Crippen LogP contribution in [-0.2, 0) is 11.3 Å². The van der Waals surface area contributed by atoms with Gasteiger partial charge in [0.2, 0.25) is 5.91 Å². The Morgan fingerprint density at radius 1 is 1.43 bits per heavy atom. The number of rotatable bonds is 5. The highest BCUT2D eigenvalue weighted by atomic mass is 16.2. The third-order valence-corrected chi connectivity index (χ3v) is 3.86. The zero-order valence-electron chi connectivity index (χ0n) is 12.4. The van der Waals surface area contributed by atoms with E-state index in [2.05, 4.69) is 10.1 Å². The molecule has 3 rings (SSSR count). The molecule has 1 amide bonds. The number of carbonyl (C=O) groups is 1. The van der Waals surface area contributed by atoms with Gasteiger partial charge in [0.05, 0.1) is 6.20 Å². The van der Waals surface area contributed by atoms with Crippen molar-refractivity contribution in [2.75, 3.05) is 0 Å². The monoisotopic (exact) mass is 284 g/mol. The molecule has 2 aromatic rings. The summed E-state index contributed by atoms with van der Waals surface area (Å²) in [7, 11) is 0. The highest BCUT2D eigenvalue weighted by Crippen LogP contribution is 2.30. The van der Waals surface area contributed by atoms with Crippen LogP contribution in [0.15, 0.2) is 36.9 Å². The molecule has 0 spiro atoms. The third-order valence-electron chi connectivity index (χ3n) is 3.86. The van der Waals surface area contributed by atoms with E-state index in [-0.39, 0.29) is 11.9 Å². The Hall–Kier alpha value is -2.17. The van der Waals surface area contributed by atoms with Crippen LogP contribution in [0.3, 0.4) is 0 Å². The minimum Gasteiger partial charge on any atom is -0.334 e. The lowest BCUT2D eigenvalue weighted by atomic mass is 10.2. The minimum absolute atomic E-state index is 0.136. The number of hydrogen-bond acceptors (Lipinski definition) is 3. The number of pyridine rings is 1. The second kappa shape index (κ2) is 5.68. The van der Waals surface area contributed by atoms with E-state index in [0.717, 1.165) is 24.0 Å². The van der Waals surface area contributed by atoms with Crippen LogP contribution in [0.1, 0.15) is 36.9 Å². The van der Waals surface area contributed by atoms with Gasteiger partial charge >= 0.3 is 0 Å². The first-order valence-electron chi connectivity index (χ1n) is 7.35. The number of aromatic nitrogens is 3. The lowest BCUT2D eigenvalue weighted by Crippen LogP contribution is -2.37. The summed E-state index contributed by atoms with van der Waals surface area (Å²) >= 11 is 0. The molecule has 2 aromatic heterocycles. The Bertz CT molecular complexity index is 618. The smallest absolute Gasteiger partial charge is 0.247 e. The quantitative estimate of drug-likeness (QED) is 0.846. The lowest BCUT2D eigenvalue weighted by Gasteiger charge is -2.26. The van der Waals surface area contributed by atoms with Crippen LogP contribution >= 0.6 is 0 Å². The number of carbonyl (C=O) groups excluding carboxylic acids is 1. The van der Waals surface area contributed by atoms with Crippen molar-refractivity contribution in [1.82, 2.24) is 19.7 Å².